The Morgan fingerprint density at radius 3 is 2.76 bits per heavy atom. The van der Waals surface area contributed by atoms with Gasteiger partial charge in [-0.25, -0.2) is 13.8 Å². The number of carbonyl (C=O) groups is 2. The van der Waals surface area contributed by atoms with Crippen molar-refractivity contribution in [3.8, 4) is 0 Å². The third kappa shape index (κ3) is 6.07. The third-order valence-corrected chi connectivity index (χ3v) is 4.52. The number of hydrogen-bond acceptors (Lipinski definition) is 4. The minimum absolute atomic E-state index is 0.0213. The Morgan fingerprint density at radius 1 is 1.31 bits per heavy atom. The van der Waals surface area contributed by atoms with E-state index in [4.69, 9.17) is 0 Å². The fraction of sp³-hybridized carbons (Fsp3) is 0.450. The van der Waals surface area contributed by atoms with Gasteiger partial charge in [-0.1, -0.05) is 6.92 Å². The van der Waals surface area contributed by atoms with Gasteiger partial charge >= 0.3 is 6.43 Å². The van der Waals surface area contributed by atoms with Crippen molar-refractivity contribution in [1.29, 1.82) is 0 Å². The SMILES string of the molecule is CC1C=C(OC(F)C(F)F)C=C(CNC(=O)c2ccnc(NC(=O)C3CC3)c2)C1. The molecule has 0 radical (unpaired) electrons. The van der Waals surface area contributed by atoms with Crippen LogP contribution in [0.5, 0.6) is 0 Å². The Labute approximate surface area is 166 Å². The van der Waals surface area contributed by atoms with Crippen LogP contribution in [0.2, 0.25) is 0 Å². The summed E-state index contributed by atoms with van der Waals surface area (Å²) < 4.78 is 42.4. The largest absolute Gasteiger partial charge is 0.455 e. The summed E-state index contributed by atoms with van der Waals surface area (Å²) in [5.74, 6) is -0.180. The molecule has 0 aromatic carbocycles. The van der Waals surface area contributed by atoms with Crippen LogP contribution in [0.3, 0.4) is 0 Å². The van der Waals surface area contributed by atoms with Crippen molar-refractivity contribution >= 4 is 17.6 Å². The van der Waals surface area contributed by atoms with Crippen LogP contribution in [0.15, 0.2) is 41.8 Å². The molecule has 9 heteroatoms. The molecule has 0 aliphatic heterocycles. The second-order valence-corrected chi connectivity index (χ2v) is 7.23. The van der Waals surface area contributed by atoms with Gasteiger partial charge in [-0.3, -0.25) is 9.59 Å². The van der Waals surface area contributed by atoms with Crippen LogP contribution in [0.1, 0.15) is 36.5 Å². The first-order valence-electron chi connectivity index (χ1n) is 9.37. The molecule has 3 rings (SSSR count). The van der Waals surface area contributed by atoms with Gasteiger partial charge in [0.25, 0.3) is 12.3 Å². The average molecular weight is 409 g/mol. The number of amides is 2. The molecule has 2 aliphatic rings. The van der Waals surface area contributed by atoms with Crippen LogP contribution >= 0.6 is 0 Å². The number of anilines is 1. The maximum Gasteiger partial charge on any atom is 0.304 e. The standard InChI is InChI=1S/C20H22F3N3O3/c1-11-6-12(8-15(7-11)29-18(23)17(21)22)10-25-19(27)14-4-5-24-16(9-14)26-20(28)13-2-3-13/h4-5,7-9,11,13,17-18H,2-3,6,10H2,1H3,(H,25,27)(H,24,26,28). The Bertz CT molecular complexity index is 837. The van der Waals surface area contributed by atoms with E-state index in [0.717, 1.165) is 18.4 Å². The molecule has 2 unspecified atom stereocenters. The monoisotopic (exact) mass is 409 g/mol. The number of halogens is 3. The number of aromatic nitrogens is 1. The molecule has 1 aromatic heterocycles. The Kier molecular flexibility index (Phi) is 6.56. The Hall–Kier alpha value is -2.84. The fourth-order valence-electron chi connectivity index (χ4n) is 2.95. The van der Waals surface area contributed by atoms with E-state index in [1.54, 1.807) is 6.08 Å². The summed E-state index contributed by atoms with van der Waals surface area (Å²) in [5.41, 5.74) is 1.05. The van der Waals surface area contributed by atoms with Gasteiger partial charge in [-0.05, 0) is 55.0 Å². The molecular weight excluding hydrogens is 387 g/mol. The number of pyridine rings is 1. The topological polar surface area (TPSA) is 80.3 Å². The lowest BCUT2D eigenvalue weighted by Crippen LogP contribution is -2.27. The zero-order valence-electron chi connectivity index (χ0n) is 15.8. The van der Waals surface area contributed by atoms with Crippen LogP contribution in [-0.4, -0.2) is 36.1 Å². The molecule has 29 heavy (non-hydrogen) atoms. The normalized spacial score (nSPS) is 19.8. The molecule has 1 saturated carbocycles. The molecule has 1 fully saturated rings. The van der Waals surface area contributed by atoms with Crippen LogP contribution < -0.4 is 10.6 Å². The summed E-state index contributed by atoms with van der Waals surface area (Å²) in [5, 5.41) is 5.41. The molecule has 2 amide bonds. The van der Waals surface area contributed by atoms with Crippen molar-refractivity contribution in [2.45, 2.75) is 39.0 Å². The van der Waals surface area contributed by atoms with Gasteiger partial charge in [-0.15, -0.1) is 0 Å². The minimum Gasteiger partial charge on any atom is -0.455 e. The maximum atomic E-state index is 13.1. The van der Waals surface area contributed by atoms with E-state index in [2.05, 4.69) is 20.4 Å². The third-order valence-electron chi connectivity index (χ3n) is 4.52. The number of nitrogens with one attached hydrogen (secondary N) is 2. The van der Waals surface area contributed by atoms with Crippen molar-refractivity contribution in [2.24, 2.45) is 11.8 Å². The number of rotatable bonds is 8. The van der Waals surface area contributed by atoms with Crippen LogP contribution in [0.25, 0.3) is 0 Å². The molecule has 0 saturated heterocycles. The lowest BCUT2D eigenvalue weighted by atomic mass is 9.95. The van der Waals surface area contributed by atoms with Crippen LogP contribution in [0.4, 0.5) is 19.0 Å². The van der Waals surface area contributed by atoms with Crippen LogP contribution in [0, 0.1) is 11.8 Å². The molecule has 6 nitrogen and oxygen atoms in total. The van der Waals surface area contributed by atoms with Crippen molar-refractivity contribution in [3.05, 3.63) is 47.4 Å². The summed E-state index contributed by atoms with van der Waals surface area (Å²) in [4.78, 5) is 28.3. The highest BCUT2D eigenvalue weighted by molar-refractivity contribution is 5.97. The van der Waals surface area contributed by atoms with E-state index in [1.165, 1.54) is 24.4 Å². The van der Waals surface area contributed by atoms with Crippen molar-refractivity contribution in [1.82, 2.24) is 10.3 Å². The summed E-state index contributed by atoms with van der Waals surface area (Å²) in [6, 6.07) is 3.00. The number of nitrogens with zero attached hydrogens (tertiary/aromatic N) is 1. The molecule has 156 valence electrons. The molecule has 2 aliphatic carbocycles. The van der Waals surface area contributed by atoms with Crippen molar-refractivity contribution in [3.63, 3.8) is 0 Å². The molecule has 1 aromatic rings. The van der Waals surface area contributed by atoms with Crippen molar-refractivity contribution < 1.29 is 27.5 Å². The number of allylic oxidation sites excluding steroid dienone is 2. The van der Waals surface area contributed by atoms with Crippen molar-refractivity contribution in [2.75, 3.05) is 11.9 Å². The van der Waals surface area contributed by atoms with E-state index in [-0.39, 0.29) is 36.0 Å². The lowest BCUT2D eigenvalue weighted by Gasteiger charge is -2.21. The zero-order valence-corrected chi connectivity index (χ0v) is 15.8. The van der Waals surface area contributed by atoms with Gasteiger partial charge in [0.05, 0.1) is 0 Å². The van der Waals surface area contributed by atoms with Gasteiger partial charge in [0.15, 0.2) is 0 Å². The molecule has 0 spiro atoms. The number of alkyl halides is 3. The van der Waals surface area contributed by atoms with E-state index < -0.39 is 12.8 Å². The van der Waals surface area contributed by atoms with Gasteiger partial charge < -0.3 is 15.4 Å². The lowest BCUT2D eigenvalue weighted by molar-refractivity contribution is -0.117. The van der Waals surface area contributed by atoms with Gasteiger partial charge in [-0.2, -0.15) is 4.39 Å². The summed E-state index contributed by atoms with van der Waals surface area (Å²) in [7, 11) is 0. The summed E-state index contributed by atoms with van der Waals surface area (Å²) in [6.45, 7) is 1.99. The summed E-state index contributed by atoms with van der Waals surface area (Å²) in [6.07, 6.45) is 0.838. The zero-order chi connectivity index (χ0) is 21.0. The second kappa shape index (κ2) is 9.11. The first-order chi connectivity index (χ1) is 13.8. The predicted octanol–water partition coefficient (Wildman–Crippen LogP) is 3.59. The molecule has 0 bridgehead atoms. The van der Waals surface area contributed by atoms with Gasteiger partial charge in [0, 0.05) is 24.2 Å². The maximum absolute atomic E-state index is 13.1. The second-order valence-electron chi connectivity index (χ2n) is 7.23. The van der Waals surface area contributed by atoms with Crippen LogP contribution in [-0.2, 0) is 9.53 Å². The quantitative estimate of drug-likeness (QED) is 0.688. The average Bonchev–Trinajstić information content (AvgIpc) is 3.51. The highest BCUT2D eigenvalue weighted by Gasteiger charge is 2.30. The first kappa shape index (κ1) is 20.9. The molecule has 1 heterocycles. The predicted molar refractivity (Wildman–Crippen MR) is 99.9 cm³/mol. The highest BCUT2D eigenvalue weighted by Crippen LogP contribution is 2.30. The summed E-state index contributed by atoms with van der Waals surface area (Å²) >= 11 is 0. The van der Waals surface area contributed by atoms with E-state index >= 15 is 0 Å². The highest BCUT2D eigenvalue weighted by atomic mass is 19.3. The fourth-order valence-corrected chi connectivity index (χ4v) is 2.95. The smallest absolute Gasteiger partial charge is 0.304 e. The first-order valence-corrected chi connectivity index (χ1v) is 9.37. The van der Waals surface area contributed by atoms with E-state index in [0.29, 0.717) is 17.8 Å². The van der Waals surface area contributed by atoms with Gasteiger partial charge in [0.2, 0.25) is 5.91 Å². The Balaban J connectivity index is 1.57. The van der Waals surface area contributed by atoms with Gasteiger partial charge in [0.1, 0.15) is 11.6 Å². The number of hydrogen-bond donors (Lipinski definition) is 2. The molecular formula is C20H22F3N3O3. The molecule has 2 atom stereocenters. The molecule has 2 N–H and O–H groups in total. The Morgan fingerprint density at radius 2 is 2.07 bits per heavy atom. The van der Waals surface area contributed by atoms with E-state index in [9.17, 15) is 22.8 Å². The minimum atomic E-state index is -3.23. The van der Waals surface area contributed by atoms with E-state index in [1.807, 2.05) is 6.92 Å². The number of ether oxygens (including phenoxy) is 1. The number of carbonyl (C=O) groups excluding carboxylic acids is 2.